The molecule has 3 atom stereocenters. The van der Waals surface area contributed by atoms with E-state index in [-0.39, 0.29) is 19.4 Å². The van der Waals surface area contributed by atoms with Crippen molar-refractivity contribution in [2.24, 2.45) is 28.4 Å². The first-order chi connectivity index (χ1) is 15.0. The average Bonchev–Trinajstić information content (AvgIpc) is 2.70. The summed E-state index contributed by atoms with van der Waals surface area (Å²) in [5, 5.41) is 18.0. The molecular weight excluding hydrogens is 430 g/mol. The maximum absolute atomic E-state index is 12.4. The molecule has 0 bridgehead atoms. The number of unbranched alkanes of at least 4 members (excludes halogenated alkanes) is 1. The van der Waals surface area contributed by atoms with Crippen LogP contribution in [0.1, 0.15) is 87.5 Å². The maximum atomic E-state index is 12.4. The van der Waals surface area contributed by atoms with Gasteiger partial charge in [0.25, 0.3) is 0 Å². The van der Waals surface area contributed by atoms with Crippen LogP contribution in [0.2, 0.25) is 0 Å². The summed E-state index contributed by atoms with van der Waals surface area (Å²) >= 11 is 0. The monoisotopic (exact) mass is 475 g/mol. The van der Waals surface area contributed by atoms with Crippen LogP contribution in [0.5, 0.6) is 0 Å². The summed E-state index contributed by atoms with van der Waals surface area (Å²) in [6.07, 6.45) is 2.38. The lowest BCUT2D eigenvalue weighted by atomic mass is 9.83. The molecular formula is C24H45NO8. The summed E-state index contributed by atoms with van der Waals surface area (Å²) in [5.41, 5.74) is 3.15. The molecule has 194 valence electrons. The molecule has 0 aliphatic heterocycles. The van der Waals surface area contributed by atoms with Gasteiger partial charge in [0, 0.05) is 0 Å². The molecule has 0 radical (unpaired) electrons. The standard InChI is InChI=1S/C20H34O8.C4H11N/c1-8-14(28-18(26)20(6,7)10-13(3)16(23)24)11-27-17(25)19(4,5)9-12(2)15(21)22;1-2-3-4-5/h12-14H,8-11H2,1-7H3,(H,21,22)(H,23,24);2-5H2,1H3. The van der Waals surface area contributed by atoms with Crippen LogP contribution in [-0.4, -0.2) is 53.3 Å². The highest BCUT2D eigenvalue weighted by Crippen LogP contribution is 2.29. The van der Waals surface area contributed by atoms with E-state index in [9.17, 15) is 19.2 Å². The van der Waals surface area contributed by atoms with Gasteiger partial charge in [0.15, 0.2) is 0 Å². The van der Waals surface area contributed by atoms with Crippen LogP contribution in [0.15, 0.2) is 0 Å². The van der Waals surface area contributed by atoms with E-state index in [1.54, 1.807) is 34.6 Å². The second kappa shape index (κ2) is 15.6. The van der Waals surface area contributed by atoms with Gasteiger partial charge in [0.2, 0.25) is 0 Å². The molecule has 0 saturated heterocycles. The highest BCUT2D eigenvalue weighted by molar-refractivity contribution is 5.78. The predicted octanol–water partition coefficient (Wildman–Crippen LogP) is 3.87. The van der Waals surface area contributed by atoms with E-state index in [1.807, 2.05) is 0 Å². The number of carbonyl (C=O) groups excluding carboxylic acids is 2. The number of aliphatic carboxylic acids is 2. The van der Waals surface area contributed by atoms with Gasteiger partial charge in [-0.05, 0) is 59.9 Å². The molecule has 0 aliphatic carbocycles. The highest BCUT2D eigenvalue weighted by Gasteiger charge is 2.36. The second-order valence-electron chi connectivity index (χ2n) is 9.83. The number of hydrogen-bond donors (Lipinski definition) is 3. The van der Waals surface area contributed by atoms with Crippen molar-refractivity contribution in [3.8, 4) is 0 Å². The zero-order valence-electron chi connectivity index (χ0n) is 21.6. The molecule has 33 heavy (non-hydrogen) atoms. The summed E-state index contributed by atoms with van der Waals surface area (Å²) in [4.78, 5) is 46.8. The maximum Gasteiger partial charge on any atom is 0.311 e. The summed E-state index contributed by atoms with van der Waals surface area (Å²) in [5.74, 6) is -4.48. The van der Waals surface area contributed by atoms with Gasteiger partial charge in [-0.3, -0.25) is 19.2 Å². The molecule has 3 unspecified atom stereocenters. The first kappa shape index (κ1) is 33.0. The highest BCUT2D eigenvalue weighted by atomic mass is 16.6. The number of carboxylic acid groups (broad SMARTS) is 2. The van der Waals surface area contributed by atoms with Crippen LogP contribution < -0.4 is 5.73 Å². The van der Waals surface area contributed by atoms with E-state index in [0.29, 0.717) is 6.42 Å². The Morgan fingerprint density at radius 1 is 0.848 bits per heavy atom. The van der Waals surface area contributed by atoms with E-state index in [0.717, 1.165) is 6.54 Å². The van der Waals surface area contributed by atoms with E-state index >= 15 is 0 Å². The molecule has 0 heterocycles. The van der Waals surface area contributed by atoms with Crippen molar-refractivity contribution in [1.29, 1.82) is 0 Å². The number of carboxylic acids is 2. The number of nitrogens with two attached hydrogens (primary N) is 1. The Bertz CT molecular complexity index is 628. The lowest BCUT2D eigenvalue weighted by Crippen LogP contribution is -2.36. The Hall–Kier alpha value is -2.16. The van der Waals surface area contributed by atoms with E-state index in [2.05, 4.69) is 6.92 Å². The van der Waals surface area contributed by atoms with E-state index in [4.69, 9.17) is 25.4 Å². The number of rotatable bonds is 14. The minimum absolute atomic E-state index is 0.123. The van der Waals surface area contributed by atoms with Crippen molar-refractivity contribution >= 4 is 23.9 Å². The van der Waals surface area contributed by atoms with E-state index in [1.165, 1.54) is 26.7 Å². The molecule has 0 aliphatic rings. The minimum Gasteiger partial charge on any atom is -0.481 e. The Morgan fingerprint density at radius 3 is 1.58 bits per heavy atom. The molecule has 4 N–H and O–H groups in total. The molecule has 0 saturated carbocycles. The van der Waals surface area contributed by atoms with Crippen molar-refractivity contribution in [3.63, 3.8) is 0 Å². The van der Waals surface area contributed by atoms with Gasteiger partial charge in [0.1, 0.15) is 12.7 Å². The molecule has 0 spiro atoms. The summed E-state index contributed by atoms with van der Waals surface area (Å²) < 4.78 is 10.7. The van der Waals surface area contributed by atoms with Crippen molar-refractivity contribution < 1.29 is 38.9 Å². The molecule has 0 fully saturated rings. The largest absolute Gasteiger partial charge is 0.481 e. The average molecular weight is 476 g/mol. The number of hydrogen-bond acceptors (Lipinski definition) is 7. The Kier molecular flexibility index (Phi) is 15.6. The van der Waals surface area contributed by atoms with Gasteiger partial charge in [-0.25, -0.2) is 0 Å². The SMILES string of the molecule is CCC(COC(=O)C(C)(C)CC(C)C(=O)O)OC(=O)C(C)(C)CC(C)C(=O)O.CCCCN. The fraction of sp³-hybridized carbons (Fsp3) is 0.833. The third-order valence-electron chi connectivity index (χ3n) is 5.27. The number of esters is 2. The Labute approximate surface area is 198 Å². The van der Waals surface area contributed by atoms with Crippen LogP contribution in [-0.2, 0) is 28.7 Å². The third kappa shape index (κ3) is 13.9. The first-order valence-electron chi connectivity index (χ1n) is 11.6. The molecule has 0 aromatic heterocycles. The topological polar surface area (TPSA) is 153 Å². The van der Waals surface area contributed by atoms with Crippen LogP contribution in [0.3, 0.4) is 0 Å². The Balaban J connectivity index is 0. The molecule has 9 heteroatoms. The quantitative estimate of drug-likeness (QED) is 0.318. The summed E-state index contributed by atoms with van der Waals surface area (Å²) in [6.45, 7) is 14.1. The molecule has 0 rings (SSSR count). The minimum atomic E-state index is -0.995. The van der Waals surface area contributed by atoms with Gasteiger partial charge in [0.05, 0.1) is 22.7 Å². The van der Waals surface area contributed by atoms with Gasteiger partial charge in [-0.1, -0.05) is 34.1 Å². The zero-order chi connectivity index (χ0) is 26.4. The van der Waals surface area contributed by atoms with Gasteiger partial charge in [-0.15, -0.1) is 0 Å². The third-order valence-corrected chi connectivity index (χ3v) is 5.27. The van der Waals surface area contributed by atoms with Crippen molar-refractivity contribution in [1.82, 2.24) is 0 Å². The van der Waals surface area contributed by atoms with Crippen molar-refractivity contribution in [2.75, 3.05) is 13.2 Å². The van der Waals surface area contributed by atoms with Gasteiger partial charge >= 0.3 is 23.9 Å². The Morgan fingerprint density at radius 2 is 1.27 bits per heavy atom. The summed E-state index contributed by atoms with van der Waals surface area (Å²) in [6, 6.07) is 0. The molecule has 0 aromatic carbocycles. The van der Waals surface area contributed by atoms with E-state index < -0.39 is 52.6 Å². The van der Waals surface area contributed by atoms with Crippen molar-refractivity contribution in [3.05, 3.63) is 0 Å². The van der Waals surface area contributed by atoms with Gasteiger partial charge in [-0.2, -0.15) is 0 Å². The molecule has 0 aromatic rings. The smallest absolute Gasteiger partial charge is 0.311 e. The lowest BCUT2D eigenvalue weighted by Gasteiger charge is -2.28. The fourth-order valence-corrected chi connectivity index (χ4v) is 2.99. The predicted molar refractivity (Wildman–Crippen MR) is 125 cm³/mol. The second-order valence-corrected chi connectivity index (χ2v) is 9.83. The molecule has 9 nitrogen and oxygen atoms in total. The lowest BCUT2D eigenvalue weighted by molar-refractivity contribution is -0.172. The normalized spacial score (nSPS) is 14.2. The van der Waals surface area contributed by atoms with Gasteiger partial charge < -0.3 is 25.4 Å². The number of ether oxygens (including phenoxy) is 2. The fourth-order valence-electron chi connectivity index (χ4n) is 2.99. The van der Waals surface area contributed by atoms with Crippen molar-refractivity contribution in [2.45, 2.75) is 93.6 Å². The van der Waals surface area contributed by atoms with Crippen LogP contribution in [0.25, 0.3) is 0 Å². The van der Waals surface area contributed by atoms with Crippen LogP contribution >= 0.6 is 0 Å². The zero-order valence-corrected chi connectivity index (χ0v) is 21.6. The number of carbonyl (C=O) groups is 4. The van der Waals surface area contributed by atoms with Crippen LogP contribution in [0.4, 0.5) is 0 Å². The first-order valence-corrected chi connectivity index (χ1v) is 11.6. The summed E-state index contributed by atoms with van der Waals surface area (Å²) in [7, 11) is 0. The van der Waals surface area contributed by atoms with Crippen LogP contribution in [0, 0.1) is 22.7 Å². The molecule has 0 amide bonds.